The first-order chi connectivity index (χ1) is 7.81. The van der Waals surface area contributed by atoms with Crippen molar-refractivity contribution in [2.75, 3.05) is 0 Å². The molecule has 0 radical (unpaired) electrons. The van der Waals surface area contributed by atoms with Crippen LogP contribution in [0.15, 0.2) is 30.3 Å². The third-order valence-corrected chi connectivity index (χ3v) is 2.97. The van der Waals surface area contributed by atoms with E-state index in [0.29, 0.717) is 0 Å². The molecule has 0 aliphatic heterocycles. The molecule has 0 atom stereocenters. The van der Waals surface area contributed by atoms with Gasteiger partial charge in [-0.2, -0.15) is 0 Å². The molecule has 3 aromatic rings. The summed E-state index contributed by atoms with van der Waals surface area (Å²) < 4.78 is 2.14. The van der Waals surface area contributed by atoms with Gasteiger partial charge in [-0.3, -0.25) is 4.40 Å². The van der Waals surface area contributed by atoms with Crippen molar-refractivity contribution in [3.8, 4) is 0 Å². The van der Waals surface area contributed by atoms with Gasteiger partial charge in [0.2, 0.25) is 0 Å². The van der Waals surface area contributed by atoms with Crippen molar-refractivity contribution < 1.29 is 0 Å². The van der Waals surface area contributed by atoms with Crippen LogP contribution in [0.1, 0.15) is 18.4 Å². The summed E-state index contributed by atoms with van der Waals surface area (Å²) in [6.07, 6.45) is 0.903. The maximum absolute atomic E-state index is 4.29. The molecule has 0 amide bonds. The lowest BCUT2D eigenvalue weighted by Crippen LogP contribution is -1.97. The van der Waals surface area contributed by atoms with E-state index in [0.717, 1.165) is 17.9 Å². The van der Waals surface area contributed by atoms with Crippen molar-refractivity contribution in [3.63, 3.8) is 0 Å². The smallest absolute Gasteiger partial charge is 0.168 e. The standard InChI is InChI=1S/C13H13N3/c1-3-12-14-15-13-11-7-5-4-6-10(11)8-9(2)16(12)13/h4-8H,3H2,1-2H3. The topological polar surface area (TPSA) is 30.2 Å². The van der Waals surface area contributed by atoms with Gasteiger partial charge in [-0.05, 0) is 18.4 Å². The van der Waals surface area contributed by atoms with Crippen LogP contribution in [0.2, 0.25) is 0 Å². The van der Waals surface area contributed by atoms with E-state index in [4.69, 9.17) is 0 Å². The predicted molar refractivity (Wildman–Crippen MR) is 64.6 cm³/mol. The van der Waals surface area contributed by atoms with Crippen LogP contribution in [-0.2, 0) is 6.42 Å². The molecule has 2 heterocycles. The third kappa shape index (κ3) is 1.14. The molecular formula is C13H13N3. The van der Waals surface area contributed by atoms with Crippen LogP contribution in [0.3, 0.4) is 0 Å². The van der Waals surface area contributed by atoms with Gasteiger partial charge in [-0.15, -0.1) is 10.2 Å². The fraction of sp³-hybridized carbons (Fsp3) is 0.231. The highest BCUT2D eigenvalue weighted by Gasteiger charge is 2.09. The number of aryl methyl sites for hydroxylation is 2. The highest BCUT2D eigenvalue weighted by Crippen LogP contribution is 2.21. The monoisotopic (exact) mass is 211 g/mol. The normalized spacial score (nSPS) is 11.4. The van der Waals surface area contributed by atoms with Crippen LogP contribution >= 0.6 is 0 Å². The number of pyridine rings is 1. The highest BCUT2D eigenvalue weighted by atomic mass is 15.2. The van der Waals surface area contributed by atoms with Gasteiger partial charge in [0.05, 0.1) is 0 Å². The Bertz CT molecular complexity index is 667. The minimum absolute atomic E-state index is 0.903. The van der Waals surface area contributed by atoms with Gasteiger partial charge in [0, 0.05) is 17.5 Å². The zero-order valence-corrected chi connectivity index (χ0v) is 9.44. The van der Waals surface area contributed by atoms with Crippen LogP contribution < -0.4 is 0 Å². The zero-order valence-electron chi connectivity index (χ0n) is 9.44. The molecule has 3 nitrogen and oxygen atoms in total. The lowest BCUT2D eigenvalue weighted by Gasteiger charge is -2.05. The van der Waals surface area contributed by atoms with E-state index in [1.54, 1.807) is 0 Å². The molecule has 0 bridgehead atoms. The minimum Gasteiger partial charge on any atom is -0.283 e. The first kappa shape index (κ1) is 9.33. The van der Waals surface area contributed by atoms with E-state index in [9.17, 15) is 0 Å². The molecule has 1 aromatic carbocycles. The Morgan fingerprint density at radius 1 is 1.19 bits per heavy atom. The van der Waals surface area contributed by atoms with Crippen molar-refractivity contribution in [1.82, 2.24) is 14.6 Å². The Labute approximate surface area is 93.7 Å². The molecule has 0 N–H and O–H groups in total. The molecule has 16 heavy (non-hydrogen) atoms. The molecule has 0 aliphatic rings. The number of fused-ring (bicyclic) bond motifs is 3. The SMILES string of the molecule is CCc1nnc2c3ccccc3cc(C)n12. The summed E-state index contributed by atoms with van der Waals surface area (Å²) in [4.78, 5) is 0. The Balaban J connectivity index is 2.56. The number of hydrogen-bond acceptors (Lipinski definition) is 2. The Kier molecular flexibility index (Phi) is 1.93. The number of benzene rings is 1. The second-order valence-electron chi connectivity index (χ2n) is 4.00. The predicted octanol–water partition coefficient (Wildman–Crippen LogP) is 2.75. The average molecular weight is 211 g/mol. The molecule has 2 aromatic heterocycles. The van der Waals surface area contributed by atoms with Crippen LogP contribution in [-0.4, -0.2) is 14.6 Å². The number of nitrogens with zero attached hydrogens (tertiary/aromatic N) is 3. The summed E-state index contributed by atoms with van der Waals surface area (Å²) >= 11 is 0. The van der Waals surface area contributed by atoms with Gasteiger partial charge in [0.25, 0.3) is 0 Å². The Morgan fingerprint density at radius 3 is 2.81 bits per heavy atom. The fourth-order valence-electron chi connectivity index (χ4n) is 2.21. The van der Waals surface area contributed by atoms with E-state index in [-0.39, 0.29) is 0 Å². The summed E-state index contributed by atoms with van der Waals surface area (Å²) in [5, 5.41) is 10.9. The molecule has 0 aliphatic carbocycles. The zero-order chi connectivity index (χ0) is 11.1. The van der Waals surface area contributed by atoms with E-state index >= 15 is 0 Å². The second kappa shape index (κ2) is 3.30. The first-order valence-electron chi connectivity index (χ1n) is 5.53. The van der Waals surface area contributed by atoms with Gasteiger partial charge >= 0.3 is 0 Å². The molecule has 0 unspecified atom stereocenters. The van der Waals surface area contributed by atoms with Gasteiger partial charge in [0.1, 0.15) is 5.82 Å². The van der Waals surface area contributed by atoms with Crippen LogP contribution in [0.25, 0.3) is 16.4 Å². The lowest BCUT2D eigenvalue weighted by atomic mass is 10.1. The quantitative estimate of drug-likeness (QED) is 0.619. The van der Waals surface area contributed by atoms with Crippen LogP contribution in [0.5, 0.6) is 0 Å². The summed E-state index contributed by atoms with van der Waals surface area (Å²) in [5.41, 5.74) is 2.16. The van der Waals surface area contributed by atoms with Gasteiger partial charge in [-0.25, -0.2) is 0 Å². The van der Waals surface area contributed by atoms with E-state index in [2.05, 4.69) is 52.7 Å². The summed E-state index contributed by atoms with van der Waals surface area (Å²) in [6.45, 7) is 4.20. The molecule has 3 rings (SSSR count). The average Bonchev–Trinajstić information content (AvgIpc) is 2.74. The fourth-order valence-corrected chi connectivity index (χ4v) is 2.21. The van der Waals surface area contributed by atoms with Crippen molar-refractivity contribution >= 4 is 16.4 Å². The second-order valence-corrected chi connectivity index (χ2v) is 4.00. The summed E-state index contributed by atoms with van der Waals surface area (Å²) in [7, 11) is 0. The summed E-state index contributed by atoms with van der Waals surface area (Å²) in [6, 6.07) is 10.5. The number of hydrogen-bond donors (Lipinski definition) is 0. The maximum atomic E-state index is 4.29. The Hall–Kier alpha value is -1.90. The van der Waals surface area contributed by atoms with E-state index in [1.165, 1.54) is 16.5 Å². The number of rotatable bonds is 1. The van der Waals surface area contributed by atoms with Crippen molar-refractivity contribution in [2.45, 2.75) is 20.3 Å². The molecule has 80 valence electrons. The number of aromatic nitrogens is 3. The molecule has 0 saturated carbocycles. The van der Waals surface area contributed by atoms with Gasteiger partial charge in [0.15, 0.2) is 5.65 Å². The molecule has 0 saturated heterocycles. The Morgan fingerprint density at radius 2 is 2.00 bits per heavy atom. The minimum atomic E-state index is 0.903. The molecule has 0 spiro atoms. The van der Waals surface area contributed by atoms with Crippen molar-refractivity contribution in [1.29, 1.82) is 0 Å². The van der Waals surface area contributed by atoms with Gasteiger partial charge < -0.3 is 0 Å². The van der Waals surface area contributed by atoms with E-state index < -0.39 is 0 Å². The highest BCUT2D eigenvalue weighted by molar-refractivity contribution is 5.94. The molecular weight excluding hydrogens is 198 g/mol. The first-order valence-corrected chi connectivity index (χ1v) is 5.53. The maximum Gasteiger partial charge on any atom is 0.168 e. The van der Waals surface area contributed by atoms with E-state index in [1.807, 2.05) is 6.07 Å². The lowest BCUT2D eigenvalue weighted by molar-refractivity contribution is 0.893. The van der Waals surface area contributed by atoms with Crippen LogP contribution in [0, 0.1) is 6.92 Å². The largest absolute Gasteiger partial charge is 0.283 e. The van der Waals surface area contributed by atoms with Crippen LogP contribution in [0.4, 0.5) is 0 Å². The summed E-state index contributed by atoms with van der Waals surface area (Å²) in [5.74, 6) is 1.03. The van der Waals surface area contributed by atoms with Crippen molar-refractivity contribution in [2.24, 2.45) is 0 Å². The molecule has 0 fully saturated rings. The van der Waals surface area contributed by atoms with Gasteiger partial charge in [-0.1, -0.05) is 31.2 Å². The third-order valence-electron chi connectivity index (χ3n) is 2.97. The van der Waals surface area contributed by atoms with Crippen molar-refractivity contribution in [3.05, 3.63) is 41.9 Å². The molecule has 3 heteroatoms.